The summed E-state index contributed by atoms with van der Waals surface area (Å²) < 4.78 is 0. The van der Waals surface area contributed by atoms with Gasteiger partial charge in [-0.2, -0.15) is 0 Å². The van der Waals surface area contributed by atoms with Crippen molar-refractivity contribution in [2.75, 3.05) is 0 Å². The third-order valence-corrected chi connectivity index (χ3v) is 10.9. The van der Waals surface area contributed by atoms with Gasteiger partial charge < -0.3 is 0 Å². The van der Waals surface area contributed by atoms with Crippen molar-refractivity contribution in [3.05, 3.63) is 193 Å². The van der Waals surface area contributed by atoms with Crippen LogP contribution in [0.1, 0.15) is 11.1 Å². The Kier molecular flexibility index (Phi) is 7.05. The maximum absolute atomic E-state index is 2.40. The molecular formula is C52H36. The zero-order chi connectivity index (χ0) is 34.8. The lowest BCUT2D eigenvalue weighted by Gasteiger charge is -2.27. The van der Waals surface area contributed by atoms with Crippen molar-refractivity contribution in [1.82, 2.24) is 0 Å². The van der Waals surface area contributed by atoms with E-state index >= 15 is 0 Å². The molecule has 10 rings (SSSR count). The van der Waals surface area contributed by atoms with Gasteiger partial charge in [-0.25, -0.2) is 0 Å². The van der Waals surface area contributed by atoms with E-state index in [1.807, 2.05) is 0 Å². The summed E-state index contributed by atoms with van der Waals surface area (Å²) in [6, 6.07) is 67.7. The number of hydrogen-bond donors (Lipinski definition) is 0. The quantitative estimate of drug-likeness (QED) is 0.165. The average molecular weight is 661 g/mol. The molecule has 0 heterocycles. The van der Waals surface area contributed by atoms with Crippen LogP contribution in [0.15, 0.2) is 182 Å². The number of rotatable bonds is 4. The highest BCUT2D eigenvalue weighted by molar-refractivity contribution is 6.36. The summed E-state index contributed by atoms with van der Waals surface area (Å²) in [5.74, 6) is 0. The summed E-state index contributed by atoms with van der Waals surface area (Å²) in [7, 11) is 0. The van der Waals surface area contributed by atoms with E-state index in [0.717, 1.165) is 0 Å². The number of benzene rings is 10. The highest BCUT2D eigenvalue weighted by Gasteiger charge is 2.28. The van der Waals surface area contributed by atoms with Gasteiger partial charge in [0.05, 0.1) is 0 Å². The van der Waals surface area contributed by atoms with Crippen LogP contribution in [0.4, 0.5) is 0 Å². The predicted octanol–water partition coefficient (Wildman–Crippen LogP) is 14.7. The summed E-state index contributed by atoms with van der Waals surface area (Å²) >= 11 is 0. The van der Waals surface area contributed by atoms with Gasteiger partial charge >= 0.3 is 0 Å². The summed E-state index contributed by atoms with van der Waals surface area (Å²) in [6.07, 6.45) is 0. The van der Waals surface area contributed by atoms with Crippen LogP contribution in [0.3, 0.4) is 0 Å². The Morgan fingerprint density at radius 1 is 0.269 bits per heavy atom. The third-order valence-electron chi connectivity index (χ3n) is 10.9. The molecule has 0 bridgehead atoms. The SMILES string of the molecule is Cc1ccc2c(c1)c1cc(C)ccc1c1c(-c3cccc4ccccc34)c(-c3ccccc3)c(-c3ccccc3)c(-c3cccc4ccccc34)c21. The number of aryl methyl sites for hydroxylation is 2. The van der Waals surface area contributed by atoms with E-state index in [1.165, 1.54) is 109 Å². The topological polar surface area (TPSA) is 0 Å². The zero-order valence-corrected chi connectivity index (χ0v) is 29.3. The lowest BCUT2D eigenvalue weighted by molar-refractivity contribution is 1.50. The molecule has 0 unspecified atom stereocenters. The molecule has 0 radical (unpaired) electrons. The van der Waals surface area contributed by atoms with Crippen molar-refractivity contribution in [3.8, 4) is 44.5 Å². The van der Waals surface area contributed by atoms with E-state index in [9.17, 15) is 0 Å². The van der Waals surface area contributed by atoms with Crippen molar-refractivity contribution in [3.63, 3.8) is 0 Å². The Morgan fingerprint density at radius 3 is 1.10 bits per heavy atom. The van der Waals surface area contributed by atoms with Crippen molar-refractivity contribution < 1.29 is 0 Å². The number of fused-ring (bicyclic) bond motifs is 8. The second kappa shape index (κ2) is 12.1. The van der Waals surface area contributed by atoms with E-state index in [-0.39, 0.29) is 0 Å². The van der Waals surface area contributed by atoms with Gasteiger partial charge in [-0.15, -0.1) is 0 Å². The maximum Gasteiger partial charge on any atom is -0.000718 e. The Balaban J connectivity index is 1.61. The first kappa shape index (κ1) is 30.3. The van der Waals surface area contributed by atoms with Gasteiger partial charge in [0, 0.05) is 0 Å². The van der Waals surface area contributed by atoms with E-state index in [4.69, 9.17) is 0 Å². The molecule has 0 aromatic heterocycles. The Hall–Kier alpha value is -6.50. The molecule has 0 nitrogen and oxygen atoms in total. The summed E-state index contributed by atoms with van der Waals surface area (Å²) in [4.78, 5) is 0. The molecule has 0 aliphatic heterocycles. The van der Waals surface area contributed by atoms with Crippen LogP contribution < -0.4 is 0 Å². The second-order valence-electron chi connectivity index (χ2n) is 14.1. The van der Waals surface area contributed by atoms with Crippen LogP contribution in [0.2, 0.25) is 0 Å². The first-order valence-electron chi connectivity index (χ1n) is 18.2. The van der Waals surface area contributed by atoms with Crippen molar-refractivity contribution >= 4 is 53.9 Å². The molecule has 0 saturated carbocycles. The Morgan fingerprint density at radius 2 is 0.654 bits per heavy atom. The molecule has 52 heavy (non-hydrogen) atoms. The molecule has 0 fully saturated rings. The third kappa shape index (κ3) is 4.69. The molecule has 0 saturated heterocycles. The fourth-order valence-corrected chi connectivity index (χ4v) is 8.70. The minimum atomic E-state index is 1.21. The monoisotopic (exact) mass is 660 g/mol. The molecule has 0 spiro atoms. The van der Waals surface area contributed by atoms with Gasteiger partial charge in [-0.3, -0.25) is 0 Å². The molecule has 10 aromatic rings. The maximum atomic E-state index is 2.40. The molecule has 0 aliphatic rings. The molecular weight excluding hydrogens is 625 g/mol. The van der Waals surface area contributed by atoms with Crippen LogP contribution in [0.5, 0.6) is 0 Å². The predicted molar refractivity (Wildman–Crippen MR) is 225 cm³/mol. The first-order valence-corrected chi connectivity index (χ1v) is 18.2. The van der Waals surface area contributed by atoms with Crippen molar-refractivity contribution in [2.24, 2.45) is 0 Å². The molecule has 0 atom stereocenters. The smallest absolute Gasteiger partial charge is 0.000718 e. The average Bonchev–Trinajstić information content (AvgIpc) is 3.20. The van der Waals surface area contributed by atoms with Gasteiger partial charge in [0.25, 0.3) is 0 Å². The second-order valence-corrected chi connectivity index (χ2v) is 14.1. The normalized spacial score (nSPS) is 11.7. The zero-order valence-electron chi connectivity index (χ0n) is 29.3. The van der Waals surface area contributed by atoms with Crippen LogP contribution >= 0.6 is 0 Å². The molecule has 0 N–H and O–H groups in total. The van der Waals surface area contributed by atoms with Crippen molar-refractivity contribution in [2.45, 2.75) is 13.8 Å². The largest absolute Gasteiger partial charge is 0.0622 e. The highest BCUT2D eigenvalue weighted by Crippen LogP contribution is 2.56. The summed E-state index contributed by atoms with van der Waals surface area (Å²) in [5, 5.41) is 12.7. The fourth-order valence-electron chi connectivity index (χ4n) is 8.70. The minimum Gasteiger partial charge on any atom is -0.0622 e. The van der Waals surface area contributed by atoms with Crippen LogP contribution in [-0.2, 0) is 0 Å². The first-order chi connectivity index (χ1) is 25.7. The van der Waals surface area contributed by atoms with Gasteiger partial charge in [-0.05, 0) is 112 Å². The summed E-state index contributed by atoms with van der Waals surface area (Å²) in [6.45, 7) is 4.43. The molecule has 0 aliphatic carbocycles. The fraction of sp³-hybridized carbons (Fsp3) is 0.0385. The van der Waals surface area contributed by atoms with Gasteiger partial charge in [0.15, 0.2) is 0 Å². The van der Waals surface area contributed by atoms with Gasteiger partial charge in [-0.1, -0.05) is 193 Å². The van der Waals surface area contributed by atoms with Gasteiger partial charge in [0.2, 0.25) is 0 Å². The molecule has 244 valence electrons. The van der Waals surface area contributed by atoms with Crippen LogP contribution in [0.25, 0.3) is 98.4 Å². The lowest BCUT2D eigenvalue weighted by atomic mass is 9.75. The standard InChI is InChI=1S/C52H36/c1-33-27-29-43-45(31-33)46-32-34(2)28-30-44(46)52-50(42-26-14-22-36-16-10-12-24-40(36)42)48(38-19-7-4-8-20-38)47(37-17-5-3-6-18-37)49(51(43)52)41-25-13-21-35-15-9-11-23-39(35)41/h3-32H,1-2H3. The van der Waals surface area contributed by atoms with Crippen LogP contribution in [-0.4, -0.2) is 0 Å². The van der Waals surface area contributed by atoms with E-state index < -0.39 is 0 Å². The Labute approximate surface area is 304 Å². The van der Waals surface area contributed by atoms with E-state index in [1.54, 1.807) is 0 Å². The number of hydrogen-bond acceptors (Lipinski definition) is 0. The van der Waals surface area contributed by atoms with Crippen molar-refractivity contribution in [1.29, 1.82) is 0 Å². The summed E-state index contributed by atoms with van der Waals surface area (Å²) in [5.41, 5.74) is 12.5. The van der Waals surface area contributed by atoms with Crippen LogP contribution in [0, 0.1) is 13.8 Å². The molecule has 0 heteroatoms. The van der Waals surface area contributed by atoms with Gasteiger partial charge in [0.1, 0.15) is 0 Å². The highest BCUT2D eigenvalue weighted by atomic mass is 14.3. The lowest BCUT2D eigenvalue weighted by Crippen LogP contribution is -2.00. The molecule has 10 aromatic carbocycles. The molecule has 0 amide bonds. The Bertz CT molecular complexity index is 2790. The minimum absolute atomic E-state index is 1.21. The van der Waals surface area contributed by atoms with E-state index in [0.29, 0.717) is 0 Å². The van der Waals surface area contributed by atoms with E-state index in [2.05, 4.69) is 196 Å².